The molecule has 0 aliphatic heterocycles. The van der Waals surface area contributed by atoms with Crippen molar-refractivity contribution in [2.75, 3.05) is 7.05 Å². The standard InChI is InChI=1S/C19H26N2O2/c1-12(2)8-16(11-22)21(5)19(23)18-10-15-9-14(13(3)4)6-7-17(15)20-18/h6-7,9-13,16,20H,8H2,1-5H3. The van der Waals surface area contributed by atoms with E-state index in [1.165, 1.54) is 10.5 Å². The third-order valence-electron chi connectivity index (χ3n) is 4.23. The molecule has 1 aromatic carbocycles. The van der Waals surface area contributed by atoms with Gasteiger partial charge < -0.3 is 14.7 Å². The van der Waals surface area contributed by atoms with Crippen LogP contribution in [0.1, 0.15) is 56.1 Å². The number of nitrogens with zero attached hydrogens (tertiary/aromatic N) is 1. The van der Waals surface area contributed by atoms with E-state index in [4.69, 9.17) is 0 Å². The van der Waals surface area contributed by atoms with E-state index in [1.54, 1.807) is 7.05 Å². The Balaban J connectivity index is 2.28. The molecule has 0 spiro atoms. The van der Waals surface area contributed by atoms with E-state index in [0.29, 0.717) is 24.0 Å². The topological polar surface area (TPSA) is 53.2 Å². The minimum absolute atomic E-state index is 0.148. The third-order valence-corrected chi connectivity index (χ3v) is 4.23. The molecule has 1 atom stereocenters. The van der Waals surface area contributed by atoms with Gasteiger partial charge in [-0.25, -0.2) is 0 Å². The summed E-state index contributed by atoms with van der Waals surface area (Å²) in [6.07, 6.45) is 1.53. The molecular formula is C19H26N2O2. The Morgan fingerprint density at radius 3 is 2.48 bits per heavy atom. The summed E-state index contributed by atoms with van der Waals surface area (Å²) in [6, 6.07) is 7.68. The van der Waals surface area contributed by atoms with Crippen LogP contribution in [0.2, 0.25) is 0 Å². The molecule has 0 saturated carbocycles. The van der Waals surface area contributed by atoms with Crippen LogP contribution in [0.4, 0.5) is 0 Å². The predicted molar refractivity (Wildman–Crippen MR) is 93.8 cm³/mol. The molecule has 0 aliphatic rings. The summed E-state index contributed by atoms with van der Waals surface area (Å²) in [5, 5.41) is 1.03. The van der Waals surface area contributed by atoms with Crippen LogP contribution in [0.15, 0.2) is 24.3 Å². The van der Waals surface area contributed by atoms with E-state index in [1.807, 2.05) is 26.0 Å². The first-order valence-electron chi connectivity index (χ1n) is 8.18. The molecule has 1 heterocycles. The van der Waals surface area contributed by atoms with Crippen LogP contribution in [0.5, 0.6) is 0 Å². The van der Waals surface area contributed by atoms with Crippen LogP contribution in [-0.4, -0.2) is 35.2 Å². The first-order chi connectivity index (χ1) is 10.8. The van der Waals surface area contributed by atoms with E-state index in [-0.39, 0.29) is 11.9 Å². The van der Waals surface area contributed by atoms with Crippen LogP contribution in [-0.2, 0) is 4.79 Å². The summed E-state index contributed by atoms with van der Waals surface area (Å²) in [6.45, 7) is 8.39. The molecule has 4 nitrogen and oxygen atoms in total. The van der Waals surface area contributed by atoms with E-state index in [9.17, 15) is 9.59 Å². The highest BCUT2D eigenvalue weighted by molar-refractivity contribution is 5.99. The van der Waals surface area contributed by atoms with Gasteiger partial charge in [-0.05, 0) is 42.0 Å². The van der Waals surface area contributed by atoms with Crippen LogP contribution in [0.3, 0.4) is 0 Å². The SMILES string of the molecule is CC(C)CC(C=O)N(C)C(=O)c1cc2cc(C(C)C)ccc2[nH]1. The second kappa shape index (κ2) is 6.99. The molecule has 0 bridgehead atoms. The van der Waals surface area contributed by atoms with Crippen LogP contribution in [0.25, 0.3) is 10.9 Å². The zero-order chi connectivity index (χ0) is 17.1. The smallest absolute Gasteiger partial charge is 0.270 e. The number of carbonyl (C=O) groups is 2. The molecule has 0 fully saturated rings. The molecule has 0 radical (unpaired) electrons. The van der Waals surface area contributed by atoms with Crippen molar-refractivity contribution in [3.8, 4) is 0 Å². The maximum Gasteiger partial charge on any atom is 0.270 e. The van der Waals surface area contributed by atoms with Crippen molar-refractivity contribution in [2.45, 2.75) is 46.1 Å². The van der Waals surface area contributed by atoms with E-state index in [0.717, 1.165) is 17.2 Å². The molecule has 4 heteroatoms. The normalized spacial score (nSPS) is 12.8. The first kappa shape index (κ1) is 17.3. The quantitative estimate of drug-likeness (QED) is 0.820. The second-order valence-corrected chi connectivity index (χ2v) is 6.93. The predicted octanol–water partition coefficient (Wildman–Crippen LogP) is 3.98. The van der Waals surface area contributed by atoms with Gasteiger partial charge in [0.2, 0.25) is 0 Å². The summed E-state index contributed by atoms with van der Waals surface area (Å²) in [5.41, 5.74) is 2.71. The molecule has 1 aromatic heterocycles. The number of likely N-dealkylation sites (N-methyl/N-ethyl adjacent to an activating group) is 1. The van der Waals surface area contributed by atoms with Gasteiger partial charge >= 0.3 is 0 Å². The zero-order valence-electron chi connectivity index (χ0n) is 14.6. The lowest BCUT2D eigenvalue weighted by atomic mass is 10.0. The molecule has 2 rings (SSSR count). The van der Waals surface area contributed by atoms with E-state index < -0.39 is 0 Å². The number of hydrogen-bond acceptors (Lipinski definition) is 2. The molecule has 0 saturated heterocycles. The molecule has 1 amide bonds. The van der Waals surface area contributed by atoms with Crippen molar-refractivity contribution in [1.29, 1.82) is 0 Å². The number of H-pyrrole nitrogens is 1. The minimum atomic E-state index is -0.389. The second-order valence-electron chi connectivity index (χ2n) is 6.93. The van der Waals surface area contributed by atoms with Crippen molar-refractivity contribution >= 4 is 23.1 Å². The van der Waals surface area contributed by atoms with Crippen molar-refractivity contribution in [2.24, 2.45) is 5.92 Å². The number of amides is 1. The Morgan fingerprint density at radius 2 is 1.91 bits per heavy atom. The van der Waals surface area contributed by atoms with Gasteiger partial charge in [0, 0.05) is 18.0 Å². The summed E-state index contributed by atoms with van der Waals surface area (Å²) in [4.78, 5) is 28.7. The van der Waals surface area contributed by atoms with Gasteiger partial charge in [0.1, 0.15) is 12.0 Å². The first-order valence-corrected chi connectivity index (χ1v) is 8.18. The Bertz CT molecular complexity index is 700. The number of hydrogen-bond donors (Lipinski definition) is 1. The highest BCUT2D eigenvalue weighted by atomic mass is 16.2. The lowest BCUT2D eigenvalue weighted by Gasteiger charge is -2.24. The third kappa shape index (κ3) is 3.81. The molecular weight excluding hydrogens is 288 g/mol. The van der Waals surface area contributed by atoms with Gasteiger partial charge in [-0.15, -0.1) is 0 Å². The lowest BCUT2D eigenvalue weighted by molar-refractivity contribution is -0.111. The Kier molecular flexibility index (Phi) is 5.24. The summed E-state index contributed by atoms with van der Waals surface area (Å²) < 4.78 is 0. The summed E-state index contributed by atoms with van der Waals surface area (Å²) >= 11 is 0. The molecule has 1 N–H and O–H groups in total. The molecule has 124 valence electrons. The number of fused-ring (bicyclic) bond motifs is 1. The zero-order valence-corrected chi connectivity index (χ0v) is 14.6. The fraction of sp³-hybridized carbons (Fsp3) is 0.474. The summed E-state index contributed by atoms with van der Waals surface area (Å²) in [5.74, 6) is 0.656. The number of aromatic nitrogens is 1. The van der Waals surface area contributed by atoms with Crippen LogP contribution in [0, 0.1) is 5.92 Å². The Labute approximate surface area is 137 Å². The van der Waals surface area contributed by atoms with Gasteiger partial charge in [0.05, 0.1) is 6.04 Å². The lowest BCUT2D eigenvalue weighted by Crippen LogP contribution is -2.39. The highest BCUT2D eigenvalue weighted by Gasteiger charge is 2.22. The molecule has 2 aromatic rings. The number of nitrogens with one attached hydrogen (secondary N) is 1. The number of benzene rings is 1. The van der Waals surface area contributed by atoms with Gasteiger partial charge in [-0.3, -0.25) is 4.79 Å². The monoisotopic (exact) mass is 314 g/mol. The minimum Gasteiger partial charge on any atom is -0.351 e. The molecule has 0 aliphatic carbocycles. The van der Waals surface area contributed by atoms with Gasteiger partial charge in [-0.1, -0.05) is 33.8 Å². The van der Waals surface area contributed by atoms with Crippen molar-refractivity contribution in [3.05, 3.63) is 35.5 Å². The average molecular weight is 314 g/mol. The van der Waals surface area contributed by atoms with Gasteiger partial charge in [0.25, 0.3) is 5.91 Å². The van der Waals surface area contributed by atoms with E-state index in [2.05, 4.69) is 31.0 Å². The van der Waals surface area contributed by atoms with Crippen molar-refractivity contribution < 1.29 is 9.59 Å². The number of carbonyl (C=O) groups excluding carboxylic acids is 2. The van der Waals surface area contributed by atoms with Crippen molar-refractivity contribution in [1.82, 2.24) is 9.88 Å². The molecule has 23 heavy (non-hydrogen) atoms. The van der Waals surface area contributed by atoms with Crippen molar-refractivity contribution in [3.63, 3.8) is 0 Å². The maximum absolute atomic E-state index is 12.7. The van der Waals surface area contributed by atoms with Gasteiger partial charge in [0.15, 0.2) is 0 Å². The fourth-order valence-electron chi connectivity index (χ4n) is 2.75. The van der Waals surface area contributed by atoms with Crippen LogP contribution >= 0.6 is 0 Å². The average Bonchev–Trinajstić information content (AvgIpc) is 2.93. The largest absolute Gasteiger partial charge is 0.351 e. The fourth-order valence-corrected chi connectivity index (χ4v) is 2.75. The van der Waals surface area contributed by atoms with Crippen LogP contribution < -0.4 is 0 Å². The highest BCUT2D eigenvalue weighted by Crippen LogP contribution is 2.23. The summed E-state index contributed by atoms with van der Waals surface area (Å²) in [7, 11) is 1.69. The maximum atomic E-state index is 12.7. The van der Waals surface area contributed by atoms with E-state index >= 15 is 0 Å². The Morgan fingerprint density at radius 1 is 1.22 bits per heavy atom. The number of aromatic amines is 1. The van der Waals surface area contributed by atoms with Gasteiger partial charge in [-0.2, -0.15) is 0 Å². The number of rotatable bonds is 6. The Hall–Kier alpha value is -2.10. The molecule has 1 unspecified atom stereocenters. The number of aldehydes is 1.